The lowest BCUT2D eigenvalue weighted by Gasteiger charge is -2.22. The maximum absolute atomic E-state index is 13.1. The van der Waals surface area contributed by atoms with Crippen LogP contribution < -0.4 is 15.4 Å². The normalized spacial score (nSPS) is 19.4. The Hall–Kier alpha value is -3.87. The van der Waals surface area contributed by atoms with Crippen LogP contribution in [0.25, 0.3) is 10.8 Å². The van der Waals surface area contributed by atoms with Gasteiger partial charge in [-0.15, -0.1) is 0 Å². The maximum atomic E-state index is 13.1. The second kappa shape index (κ2) is 7.37. The molecule has 3 aromatic rings. The average Bonchev–Trinajstić information content (AvgIpc) is 3.31. The summed E-state index contributed by atoms with van der Waals surface area (Å²) in [5.41, 5.74) is 2.61. The summed E-state index contributed by atoms with van der Waals surface area (Å²) in [6.07, 6.45) is 1.99. The number of hydrogen-bond acceptors (Lipinski definition) is 4. The van der Waals surface area contributed by atoms with Crippen LogP contribution in [0.1, 0.15) is 23.6 Å². The molecule has 7 nitrogen and oxygen atoms in total. The molecule has 3 aromatic carbocycles. The number of methoxy groups -OCH3 is 1. The molecule has 1 aliphatic carbocycles. The minimum Gasteiger partial charge on any atom is -0.497 e. The number of ether oxygens (including phenoxy) is 1. The summed E-state index contributed by atoms with van der Waals surface area (Å²) in [6, 6.07) is 16.3. The minimum atomic E-state index is -1.24. The zero-order valence-electron chi connectivity index (χ0n) is 17.9. The Kier molecular flexibility index (Phi) is 4.62. The van der Waals surface area contributed by atoms with Gasteiger partial charge in [0, 0.05) is 11.1 Å². The van der Waals surface area contributed by atoms with E-state index in [1.54, 1.807) is 38.3 Å². The van der Waals surface area contributed by atoms with Crippen LogP contribution in [0.3, 0.4) is 0 Å². The van der Waals surface area contributed by atoms with Crippen LogP contribution in [0.2, 0.25) is 0 Å². The number of rotatable bonds is 5. The van der Waals surface area contributed by atoms with Crippen molar-refractivity contribution in [3.8, 4) is 5.75 Å². The summed E-state index contributed by atoms with van der Waals surface area (Å²) in [6.45, 7) is 1.27. The molecular formula is C25H23N3O4. The van der Waals surface area contributed by atoms with Gasteiger partial charge in [-0.05, 0) is 60.0 Å². The van der Waals surface area contributed by atoms with E-state index in [1.807, 2.05) is 24.3 Å². The van der Waals surface area contributed by atoms with Gasteiger partial charge in [0.25, 0.3) is 5.91 Å². The highest BCUT2D eigenvalue weighted by Crippen LogP contribution is 2.35. The first-order chi connectivity index (χ1) is 15.4. The van der Waals surface area contributed by atoms with Gasteiger partial charge >= 0.3 is 6.03 Å². The van der Waals surface area contributed by atoms with E-state index in [4.69, 9.17) is 4.74 Å². The number of nitrogens with zero attached hydrogens (tertiary/aromatic N) is 1. The highest BCUT2D eigenvalue weighted by molar-refractivity contribution is 6.11. The van der Waals surface area contributed by atoms with Gasteiger partial charge in [0.15, 0.2) is 0 Å². The van der Waals surface area contributed by atoms with Crippen LogP contribution in [0.15, 0.2) is 54.6 Å². The van der Waals surface area contributed by atoms with Gasteiger partial charge in [-0.25, -0.2) is 4.79 Å². The molecule has 1 fully saturated rings. The number of amides is 4. The smallest absolute Gasteiger partial charge is 0.325 e. The largest absolute Gasteiger partial charge is 0.497 e. The fraction of sp³-hybridized carbons (Fsp3) is 0.240. The van der Waals surface area contributed by atoms with Crippen molar-refractivity contribution in [2.75, 3.05) is 19.0 Å². The van der Waals surface area contributed by atoms with E-state index in [9.17, 15) is 14.4 Å². The molecule has 1 unspecified atom stereocenters. The molecule has 0 radical (unpaired) electrons. The quantitative estimate of drug-likeness (QED) is 0.609. The van der Waals surface area contributed by atoms with Crippen molar-refractivity contribution >= 4 is 34.3 Å². The molecular weight excluding hydrogens is 406 g/mol. The number of urea groups is 1. The summed E-state index contributed by atoms with van der Waals surface area (Å²) in [5, 5.41) is 7.78. The van der Waals surface area contributed by atoms with Gasteiger partial charge in [-0.1, -0.05) is 36.4 Å². The van der Waals surface area contributed by atoms with Gasteiger partial charge in [0.05, 0.1) is 7.11 Å². The number of carbonyl (C=O) groups is 3. The average molecular weight is 429 g/mol. The molecule has 1 heterocycles. The third-order valence-electron chi connectivity index (χ3n) is 6.40. The second-order valence-corrected chi connectivity index (χ2v) is 8.34. The summed E-state index contributed by atoms with van der Waals surface area (Å²) < 4.78 is 5.16. The number of hydrogen-bond donors (Lipinski definition) is 2. The van der Waals surface area contributed by atoms with E-state index in [2.05, 4.69) is 16.7 Å². The third-order valence-corrected chi connectivity index (χ3v) is 6.40. The van der Waals surface area contributed by atoms with Crippen molar-refractivity contribution in [2.45, 2.75) is 25.3 Å². The van der Waals surface area contributed by atoms with Crippen LogP contribution in [-0.4, -0.2) is 36.4 Å². The Morgan fingerprint density at radius 2 is 1.78 bits per heavy atom. The SMILES string of the molecule is COc1ccc(C2(C)NC(=O)N(CC(=O)Nc3ccc4c5c(cccc35)CC4)C2=O)cc1. The van der Waals surface area contributed by atoms with E-state index in [-0.39, 0.29) is 6.54 Å². The van der Waals surface area contributed by atoms with Crippen molar-refractivity contribution < 1.29 is 19.1 Å². The van der Waals surface area contributed by atoms with E-state index in [0.717, 1.165) is 23.1 Å². The lowest BCUT2D eigenvalue weighted by Crippen LogP contribution is -2.42. The number of anilines is 1. The highest BCUT2D eigenvalue weighted by atomic mass is 16.5. The fourth-order valence-corrected chi connectivity index (χ4v) is 4.65. The Morgan fingerprint density at radius 3 is 2.50 bits per heavy atom. The molecule has 1 aliphatic heterocycles. The summed E-state index contributed by atoms with van der Waals surface area (Å²) in [5.74, 6) is -0.245. The molecule has 0 aromatic heterocycles. The summed E-state index contributed by atoms with van der Waals surface area (Å²) >= 11 is 0. The predicted octanol–water partition coefficient (Wildman–Crippen LogP) is 3.35. The van der Waals surface area contributed by atoms with Crippen molar-refractivity contribution in [3.05, 3.63) is 71.3 Å². The molecule has 0 bridgehead atoms. The van der Waals surface area contributed by atoms with Crippen LogP contribution in [0.4, 0.5) is 10.5 Å². The van der Waals surface area contributed by atoms with Gasteiger partial charge in [-0.3, -0.25) is 14.5 Å². The van der Waals surface area contributed by atoms with Crippen LogP contribution in [0.5, 0.6) is 5.75 Å². The van der Waals surface area contributed by atoms with Gasteiger partial charge < -0.3 is 15.4 Å². The number of aryl methyl sites for hydroxylation is 2. The zero-order valence-corrected chi connectivity index (χ0v) is 17.9. The van der Waals surface area contributed by atoms with Crippen molar-refractivity contribution in [2.24, 2.45) is 0 Å². The van der Waals surface area contributed by atoms with Gasteiger partial charge in [-0.2, -0.15) is 0 Å². The van der Waals surface area contributed by atoms with Crippen LogP contribution >= 0.6 is 0 Å². The molecule has 2 N–H and O–H groups in total. The standard InChI is InChI=1S/C25H23N3O4/c1-25(17-9-11-18(32-2)12-10-17)23(30)28(24(31)27-25)14-21(29)26-20-13-8-16-7-6-15-4-3-5-19(20)22(15)16/h3-5,8-13H,6-7,14H2,1-2H3,(H,26,29)(H,27,31). The van der Waals surface area contributed by atoms with Gasteiger partial charge in [0.2, 0.25) is 5.91 Å². The van der Waals surface area contributed by atoms with Crippen LogP contribution in [0, 0.1) is 0 Å². The number of carbonyl (C=O) groups excluding carboxylic acids is 3. The van der Waals surface area contributed by atoms with Gasteiger partial charge in [0.1, 0.15) is 17.8 Å². The first-order valence-corrected chi connectivity index (χ1v) is 10.5. The highest BCUT2D eigenvalue weighted by Gasteiger charge is 2.49. The number of nitrogens with one attached hydrogen (secondary N) is 2. The Morgan fingerprint density at radius 1 is 1.06 bits per heavy atom. The Bertz CT molecular complexity index is 1260. The number of imide groups is 1. The minimum absolute atomic E-state index is 0.362. The Balaban J connectivity index is 1.35. The van der Waals surface area contributed by atoms with E-state index >= 15 is 0 Å². The lowest BCUT2D eigenvalue weighted by atomic mass is 9.92. The molecule has 5 rings (SSSR count). The lowest BCUT2D eigenvalue weighted by molar-refractivity contribution is -0.133. The molecule has 162 valence electrons. The molecule has 32 heavy (non-hydrogen) atoms. The third kappa shape index (κ3) is 3.09. The number of benzene rings is 3. The fourth-order valence-electron chi connectivity index (χ4n) is 4.65. The van der Waals surface area contributed by atoms with Crippen molar-refractivity contribution in [1.29, 1.82) is 0 Å². The molecule has 2 aliphatic rings. The topological polar surface area (TPSA) is 87.7 Å². The molecule has 0 spiro atoms. The predicted molar refractivity (Wildman–Crippen MR) is 121 cm³/mol. The van der Waals surface area contributed by atoms with E-state index < -0.39 is 23.4 Å². The van der Waals surface area contributed by atoms with E-state index in [1.165, 1.54) is 16.5 Å². The van der Waals surface area contributed by atoms with Crippen molar-refractivity contribution in [3.63, 3.8) is 0 Å². The Labute approximate surface area is 185 Å². The molecule has 7 heteroatoms. The molecule has 0 saturated carbocycles. The summed E-state index contributed by atoms with van der Waals surface area (Å²) in [4.78, 5) is 39.5. The second-order valence-electron chi connectivity index (χ2n) is 8.34. The molecule has 4 amide bonds. The molecule has 1 saturated heterocycles. The van der Waals surface area contributed by atoms with Crippen LogP contribution in [-0.2, 0) is 28.0 Å². The first-order valence-electron chi connectivity index (χ1n) is 10.5. The zero-order chi connectivity index (χ0) is 22.5. The van der Waals surface area contributed by atoms with Crippen molar-refractivity contribution in [1.82, 2.24) is 10.2 Å². The van der Waals surface area contributed by atoms with E-state index in [0.29, 0.717) is 17.0 Å². The molecule has 1 atom stereocenters. The maximum Gasteiger partial charge on any atom is 0.325 e. The monoisotopic (exact) mass is 429 g/mol. The summed E-state index contributed by atoms with van der Waals surface area (Å²) in [7, 11) is 1.56. The first kappa shape index (κ1) is 20.1.